The Bertz CT molecular complexity index is 794. The highest BCUT2D eigenvalue weighted by Gasteiger charge is 2.25. The van der Waals surface area contributed by atoms with E-state index in [1.165, 1.54) is 6.07 Å². The molecule has 0 amide bonds. The first-order valence-corrected chi connectivity index (χ1v) is 8.50. The summed E-state index contributed by atoms with van der Waals surface area (Å²) in [7, 11) is 2.47. The molecule has 0 saturated heterocycles. The van der Waals surface area contributed by atoms with Gasteiger partial charge in [-0.2, -0.15) is 0 Å². The number of ether oxygens (including phenoxy) is 2. The van der Waals surface area contributed by atoms with Gasteiger partial charge in [-0.25, -0.2) is 14.2 Å². The van der Waals surface area contributed by atoms with Crippen molar-refractivity contribution in [2.45, 2.75) is 32.8 Å². The highest BCUT2D eigenvalue weighted by molar-refractivity contribution is 7.27. The van der Waals surface area contributed by atoms with Gasteiger partial charge in [-0.1, -0.05) is 12.1 Å². The monoisotopic (exact) mass is 347 g/mol. The lowest BCUT2D eigenvalue weighted by Gasteiger charge is -2.25. The zero-order valence-corrected chi connectivity index (χ0v) is 14.8. The van der Waals surface area contributed by atoms with Gasteiger partial charge in [-0.05, 0) is 49.7 Å². The molecular formula is C18H19FNO3P. The van der Waals surface area contributed by atoms with Gasteiger partial charge in [0.15, 0.2) is 5.69 Å². The van der Waals surface area contributed by atoms with Crippen molar-refractivity contribution in [2.75, 3.05) is 6.61 Å². The Kier molecular flexibility index (Phi) is 4.81. The first kappa shape index (κ1) is 16.8. The average Bonchev–Trinajstić information content (AvgIpc) is 2.54. The predicted molar refractivity (Wildman–Crippen MR) is 93.3 cm³/mol. The molecule has 24 heavy (non-hydrogen) atoms. The number of hydrogen-bond donors (Lipinski definition) is 0. The number of halogens is 1. The molecule has 0 fully saturated rings. The van der Waals surface area contributed by atoms with E-state index in [0.717, 1.165) is 23.7 Å². The first-order valence-electron chi connectivity index (χ1n) is 7.92. The van der Waals surface area contributed by atoms with E-state index in [0.29, 0.717) is 17.0 Å². The van der Waals surface area contributed by atoms with Gasteiger partial charge in [0.1, 0.15) is 5.82 Å². The standard InChI is InChI=1S/C18H19FNO3P/c1-3-22-18(21)16-9-14(12-7-5-11(24)8-15(12)19)13-6-4-10(2)23-17(13)20-16/h5,7-10H,3-4,6,24H2,1-2H3. The third kappa shape index (κ3) is 3.27. The van der Waals surface area contributed by atoms with Crippen LogP contribution in [0.15, 0.2) is 24.3 Å². The van der Waals surface area contributed by atoms with Crippen molar-refractivity contribution in [1.29, 1.82) is 0 Å². The molecule has 2 atom stereocenters. The Balaban J connectivity index is 2.17. The van der Waals surface area contributed by atoms with Crippen LogP contribution in [0.4, 0.5) is 4.39 Å². The van der Waals surface area contributed by atoms with E-state index in [-0.39, 0.29) is 24.2 Å². The summed E-state index contributed by atoms with van der Waals surface area (Å²) in [4.78, 5) is 16.4. The Morgan fingerprint density at radius 1 is 1.42 bits per heavy atom. The van der Waals surface area contributed by atoms with Crippen LogP contribution in [-0.2, 0) is 11.2 Å². The van der Waals surface area contributed by atoms with Crippen molar-refractivity contribution in [3.05, 3.63) is 41.3 Å². The fourth-order valence-electron chi connectivity index (χ4n) is 2.78. The topological polar surface area (TPSA) is 48.4 Å². The molecule has 2 heterocycles. The van der Waals surface area contributed by atoms with Crippen molar-refractivity contribution in [2.24, 2.45) is 0 Å². The lowest BCUT2D eigenvalue weighted by molar-refractivity contribution is 0.0517. The van der Waals surface area contributed by atoms with E-state index >= 15 is 0 Å². The molecular weight excluding hydrogens is 328 g/mol. The number of benzene rings is 1. The second-order valence-electron chi connectivity index (χ2n) is 5.77. The zero-order valence-electron chi connectivity index (χ0n) is 13.6. The van der Waals surface area contributed by atoms with Gasteiger partial charge < -0.3 is 9.47 Å². The SMILES string of the molecule is CCOC(=O)c1cc(-c2ccc(P)cc2F)c2c(n1)OC(C)CC2. The molecule has 0 spiro atoms. The zero-order chi connectivity index (χ0) is 17.3. The van der Waals surface area contributed by atoms with Gasteiger partial charge in [0.05, 0.1) is 12.7 Å². The van der Waals surface area contributed by atoms with Gasteiger partial charge in [-0.15, -0.1) is 9.24 Å². The molecule has 0 aliphatic carbocycles. The molecule has 2 unspecified atom stereocenters. The molecule has 1 aromatic heterocycles. The summed E-state index contributed by atoms with van der Waals surface area (Å²) in [5, 5.41) is 0.759. The third-order valence-electron chi connectivity index (χ3n) is 3.97. The Hall–Kier alpha value is -2.00. The van der Waals surface area contributed by atoms with Crippen LogP contribution in [0.1, 0.15) is 36.3 Å². The average molecular weight is 347 g/mol. The Morgan fingerprint density at radius 3 is 2.92 bits per heavy atom. The van der Waals surface area contributed by atoms with Crippen LogP contribution >= 0.6 is 9.24 Å². The molecule has 3 rings (SSSR count). The van der Waals surface area contributed by atoms with Crippen LogP contribution in [0.5, 0.6) is 5.88 Å². The predicted octanol–water partition coefficient (Wildman–Crippen LogP) is 3.28. The van der Waals surface area contributed by atoms with Gasteiger partial charge in [-0.3, -0.25) is 0 Å². The highest BCUT2D eigenvalue weighted by atomic mass is 31.0. The largest absolute Gasteiger partial charge is 0.474 e. The third-order valence-corrected chi connectivity index (χ3v) is 4.33. The lowest BCUT2D eigenvalue weighted by Crippen LogP contribution is -2.22. The normalized spacial score (nSPS) is 16.2. The molecule has 0 radical (unpaired) electrons. The van der Waals surface area contributed by atoms with E-state index in [2.05, 4.69) is 14.2 Å². The van der Waals surface area contributed by atoms with Gasteiger partial charge >= 0.3 is 5.97 Å². The number of carbonyl (C=O) groups excluding carboxylic acids is 1. The van der Waals surface area contributed by atoms with Crippen molar-refractivity contribution >= 4 is 20.5 Å². The molecule has 1 aromatic carbocycles. The second kappa shape index (κ2) is 6.86. The summed E-state index contributed by atoms with van der Waals surface area (Å²) >= 11 is 0. The van der Waals surface area contributed by atoms with Crippen LogP contribution < -0.4 is 10.0 Å². The van der Waals surface area contributed by atoms with E-state index in [1.54, 1.807) is 19.1 Å². The number of pyridine rings is 1. The number of esters is 1. The molecule has 4 nitrogen and oxygen atoms in total. The molecule has 1 aliphatic heterocycles. The van der Waals surface area contributed by atoms with Crippen LogP contribution in [-0.4, -0.2) is 23.7 Å². The van der Waals surface area contributed by atoms with E-state index in [1.807, 2.05) is 13.0 Å². The van der Waals surface area contributed by atoms with E-state index in [9.17, 15) is 9.18 Å². The maximum atomic E-state index is 14.5. The fraction of sp³-hybridized carbons (Fsp3) is 0.333. The summed E-state index contributed by atoms with van der Waals surface area (Å²) < 4.78 is 25.3. The molecule has 6 heteroatoms. The number of aromatic nitrogens is 1. The number of fused-ring (bicyclic) bond motifs is 1. The van der Waals surface area contributed by atoms with E-state index in [4.69, 9.17) is 9.47 Å². The second-order valence-corrected chi connectivity index (χ2v) is 6.43. The highest BCUT2D eigenvalue weighted by Crippen LogP contribution is 2.36. The van der Waals surface area contributed by atoms with Crippen molar-refractivity contribution in [3.8, 4) is 17.0 Å². The molecule has 2 aromatic rings. The minimum Gasteiger partial charge on any atom is -0.474 e. The molecule has 0 N–H and O–H groups in total. The minimum atomic E-state index is -0.536. The van der Waals surface area contributed by atoms with Gasteiger partial charge in [0, 0.05) is 11.1 Å². The number of nitrogens with zero attached hydrogens (tertiary/aromatic N) is 1. The summed E-state index contributed by atoms with van der Waals surface area (Å²) in [5.41, 5.74) is 2.03. The van der Waals surface area contributed by atoms with Crippen molar-refractivity contribution in [1.82, 2.24) is 4.98 Å². The molecule has 0 bridgehead atoms. The summed E-state index contributed by atoms with van der Waals surface area (Å²) in [6, 6.07) is 6.56. The smallest absolute Gasteiger partial charge is 0.357 e. The summed E-state index contributed by atoms with van der Waals surface area (Å²) in [5.74, 6) is -0.487. The van der Waals surface area contributed by atoms with Gasteiger partial charge in [0.25, 0.3) is 0 Å². The van der Waals surface area contributed by atoms with Crippen LogP contribution in [0.25, 0.3) is 11.1 Å². The number of rotatable bonds is 3. The number of carbonyl (C=O) groups is 1. The van der Waals surface area contributed by atoms with Crippen molar-refractivity contribution < 1.29 is 18.7 Å². The lowest BCUT2D eigenvalue weighted by atomic mass is 9.94. The minimum absolute atomic E-state index is 0.00885. The Labute approximate surface area is 142 Å². The maximum Gasteiger partial charge on any atom is 0.357 e. The fourth-order valence-corrected chi connectivity index (χ4v) is 3.03. The number of hydrogen-bond acceptors (Lipinski definition) is 4. The van der Waals surface area contributed by atoms with Crippen molar-refractivity contribution in [3.63, 3.8) is 0 Å². The van der Waals surface area contributed by atoms with E-state index < -0.39 is 5.97 Å². The molecule has 126 valence electrons. The Morgan fingerprint density at radius 2 is 2.21 bits per heavy atom. The first-order chi connectivity index (χ1) is 11.5. The molecule has 0 saturated carbocycles. The van der Waals surface area contributed by atoms with Crippen LogP contribution in [0.2, 0.25) is 0 Å². The van der Waals surface area contributed by atoms with Gasteiger partial charge in [0.2, 0.25) is 5.88 Å². The quantitative estimate of drug-likeness (QED) is 0.632. The maximum absolute atomic E-state index is 14.5. The van der Waals surface area contributed by atoms with Crippen LogP contribution in [0.3, 0.4) is 0 Å². The molecule has 1 aliphatic rings. The summed E-state index contributed by atoms with van der Waals surface area (Å²) in [6.07, 6.45) is 1.56. The van der Waals surface area contributed by atoms with Crippen LogP contribution in [0, 0.1) is 5.82 Å². The summed E-state index contributed by atoms with van der Waals surface area (Å²) in [6.45, 7) is 3.93.